The Morgan fingerprint density at radius 1 is 1.29 bits per heavy atom. The van der Waals surface area contributed by atoms with Crippen LogP contribution < -0.4 is 5.56 Å². The molecular formula is C12H10ClN3O. The highest BCUT2D eigenvalue weighted by Gasteiger charge is 2.11. The fourth-order valence-corrected chi connectivity index (χ4v) is 2.32. The van der Waals surface area contributed by atoms with Gasteiger partial charge in [-0.25, -0.2) is 4.68 Å². The monoisotopic (exact) mass is 247 g/mol. The molecule has 3 aromatic rings. The van der Waals surface area contributed by atoms with E-state index in [1.165, 1.54) is 4.68 Å². The SMILES string of the molecule is CCn1nc(Cl)n2c(cc3ccccc32)c1=O. The van der Waals surface area contributed by atoms with Gasteiger partial charge in [-0.05, 0) is 30.7 Å². The minimum absolute atomic E-state index is 0.117. The number of hydrogen-bond donors (Lipinski definition) is 0. The second-order valence-corrected chi connectivity index (χ2v) is 4.15. The van der Waals surface area contributed by atoms with E-state index in [4.69, 9.17) is 11.6 Å². The van der Waals surface area contributed by atoms with Crippen molar-refractivity contribution in [3.63, 3.8) is 0 Å². The summed E-state index contributed by atoms with van der Waals surface area (Å²) >= 11 is 6.13. The van der Waals surface area contributed by atoms with Crippen LogP contribution in [0.3, 0.4) is 0 Å². The molecule has 3 rings (SSSR count). The van der Waals surface area contributed by atoms with Crippen LogP contribution in [-0.2, 0) is 6.54 Å². The van der Waals surface area contributed by atoms with Crippen molar-refractivity contribution in [2.45, 2.75) is 13.5 Å². The highest BCUT2D eigenvalue weighted by Crippen LogP contribution is 2.20. The molecule has 5 heteroatoms. The van der Waals surface area contributed by atoms with Crippen LogP contribution in [0.5, 0.6) is 0 Å². The second kappa shape index (κ2) is 3.60. The van der Waals surface area contributed by atoms with E-state index in [0.29, 0.717) is 17.3 Å². The summed E-state index contributed by atoms with van der Waals surface area (Å²) in [6.07, 6.45) is 0. The number of para-hydroxylation sites is 1. The van der Waals surface area contributed by atoms with Crippen molar-refractivity contribution in [1.29, 1.82) is 0 Å². The lowest BCUT2D eigenvalue weighted by molar-refractivity contribution is 0.608. The fraction of sp³-hybridized carbons (Fsp3) is 0.167. The smallest absolute Gasteiger partial charge is 0.278 e. The molecule has 0 spiro atoms. The average molecular weight is 248 g/mol. The van der Waals surface area contributed by atoms with Crippen LogP contribution in [0.4, 0.5) is 0 Å². The van der Waals surface area contributed by atoms with Gasteiger partial charge in [0.2, 0.25) is 5.28 Å². The molecule has 0 fully saturated rings. The molecule has 0 aliphatic carbocycles. The molecule has 1 aromatic carbocycles. The van der Waals surface area contributed by atoms with Crippen molar-refractivity contribution in [3.05, 3.63) is 46.0 Å². The summed E-state index contributed by atoms with van der Waals surface area (Å²) in [7, 11) is 0. The maximum Gasteiger partial charge on any atom is 0.291 e. The zero-order valence-electron chi connectivity index (χ0n) is 9.22. The van der Waals surface area contributed by atoms with E-state index in [1.807, 2.05) is 37.3 Å². The van der Waals surface area contributed by atoms with Crippen LogP contribution in [0.2, 0.25) is 5.28 Å². The van der Waals surface area contributed by atoms with Gasteiger partial charge in [-0.1, -0.05) is 18.2 Å². The molecule has 0 saturated carbocycles. The third kappa shape index (κ3) is 1.37. The predicted molar refractivity (Wildman–Crippen MR) is 67.6 cm³/mol. The molecule has 0 aliphatic rings. The molecule has 0 saturated heterocycles. The van der Waals surface area contributed by atoms with Crippen LogP contribution in [0.25, 0.3) is 16.4 Å². The Morgan fingerprint density at radius 3 is 2.82 bits per heavy atom. The highest BCUT2D eigenvalue weighted by atomic mass is 35.5. The summed E-state index contributed by atoms with van der Waals surface area (Å²) in [4.78, 5) is 12.1. The summed E-state index contributed by atoms with van der Waals surface area (Å²) in [5, 5.41) is 5.37. The topological polar surface area (TPSA) is 39.3 Å². The van der Waals surface area contributed by atoms with Crippen molar-refractivity contribution < 1.29 is 0 Å². The first-order valence-electron chi connectivity index (χ1n) is 5.39. The van der Waals surface area contributed by atoms with Gasteiger partial charge in [-0.2, -0.15) is 0 Å². The number of aryl methyl sites for hydroxylation is 1. The van der Waals surface area contributed by atoms with Gasteiger partial charge in [0.1, 0.15) is 5.52 Å². The molecule has 0 unspecified atom stereocenters. The van der Waals surface area contributed by atoms with Crippen LogP contribution in [0.15, 0.2) is 35.1 Å². The summed E-state index contributed by atoms with van der Waals surface area (Å²) in [5.41, 5.74) is 1.35. The molecule has 2 aromatic heterocycles. The molecule has 4 nitrogen and oxygen atoms in total. The Bertz CT molecular complexity index is 772. The largest absolute Gasteiger partial charge is 0.291 e. The van der Waals surface area contributed by atoms with E-state index in [-0.39, 0.29) is 5.56 Å². The third-order valence-electron chi connectivity index (χ3n) is 2.85. The number of nitrogens with zero attached hydrogens (tertiary/aromatic N) is 3. The van der Waals surface area contributed by atoms with Gasteiger partial charge in [0, 0.05) is 11.9 Å². The molecule has 17 heavy (non-hydrogen) atoms. The van der Waals surface area contributed by atoms with Gasteiger partial charge in [0.25, 0.3) is 5.56 Å². The van der Waals surface area contributed by atoms with Gasteiger partial charge < -0.3 is 0 Å². The van der Waals surface area contributed by atoms with Crippen LogP contribution >= 0.6 is 11.6 Å². The molecule has 0 bridgehead atoms. The van der Waals surface area contributed by atoms with E-state index < -0.39 is 0 Å². The number of halogens is 1. The first-order chi connectivity index (χ1) is 8.22. The summed E-state index contributed by atoms with van der Waals surface area (Å²) in [6, 6.07) is 9.56. The lowest BCUT2D eigenvalue weighted by Gasteiger charge is -2.04. The van der Waals surface area contributed by atoms with Gasteiger partial charge in [0.05, 0.1) is 5.52 Å². The standard InChI is InChI=1S/C12H10ClN3O/c1-2-15-11(17)10-7-8-5-3-4-6-9(8)16(10)12(13)14-15/h3-7H,2H2,1H3. The van der Waals surface area contributed by atoms with E-state index >= 15 is 0 Å². The van der Waals surface area contributed by atoms with E-state index in [2.05, 4.69) is 5.10 Å². The number of hydrogen-bond acceptors (Lipinski definition) is 2. The quantitative estimate of drug-likeness (QED) is 0.662. The van der Waals surface area contributed by atoms with Gasteiger partial charge in [0.15, 0.2) is 0 Å². The van der Waals surface area contributed by atoms with E-state index in [1.54, 1.807) is 4.40 Å². The Labute approximate surface area is 102 Å². The summed E-state index contributed by atoms with van der Waals surface area (Å²) in [5.74, 6) is 0. The van der Waals surface area contributed by atoms with Gasteiger partial charge in [-0.3, -0.25) is 9.20 Å². The van der Waals surface area contributed by atoms with Crippen molar-refractivity contribution in [2.24, 2.45) is 0 Å². The average Bonchev–Trinajstić information content (AvgIpc) is 2.73. The minimum Gasteiger partial charge on any atom is -0.278 e. The van der Waals surface area contributed by atoms with Crippen molar-refractivity contribution >= 4 is 28.0 Å². The normalized spacial score (nSPS) is 11.4. The van der Waals surface area contributed by atoms with Crippen LogP contribution in [-0.4, -0.2) is 14.2 Å². The molecule has 86 valence electrons. The van der Waals surface area contributed by atoms with Gasteiger partial charge in [-0.15, -0.1) is 5.10 Å². The molecule has 0 aliphatic heterocycles. The zero-order valence-corrected chi connectivity index (χ0v) is 9.98. The molecule has 0 radical (unpaired) electrons. The maximum absolute atomic E-state index is 12.1. The first kappa shape index (κ1) is 10.4. The molecule has 0 amide bonds. The Kier molecular flexibility index (Phi) is 2.19. The lowest BCUT2D eigenvalue weighted by atomic mass is 10.2. The Hall–Kier alpha value is -1.81. The molecule has 2 heterocycles. The van der Waals surface area contributed by atoms with Crippen LogP contribution in [0.1, 0.15) is 6.92 Å². The van der Waals surface area contributed by atoms with E-state index in [9.17, 15) is 4.79 Å². The molecule has 0 atom stereocenters. The Balaban J connectivity index is 2.61. The number of aromatic nitrogens is 3. The number of rotatable bonds is 1. The first-order valence-corrected chi connectivity index (χ1v) is 5.77. The molecular weight excluding hydrogens is 238 g/mol. The second-order valence-electron chi connectivity index (χ2n) is 3.81. The van der Waals surface area contributed by atoms with Crippen molar-refractivity contribution in [2.75, 3.05) is 0 Å². The minimum atomic E-state index is -0.117. The van der Waals surface area contributed by atoms with Crippen LogP contribution in [0, 0.1) is 0 Å². The van der Waals surface area contributed by atoms with Gasteiger partial charge >= 0.3 is 0 Å². The predicted octanol–water partition coefficient (Wildman–Crippen LogP) is 2.32. The fourth-order valence-electron chi connectivity index (χ4n) is 2.05. The summed E-state index contributed by atoms with van der Waals surface area (Å²) < 4.78 is 3.06. The third-order valence-corrected chi connectivity index (χ3v) is 3.10. The number of fused-ring (bicyclic) bond motifs is 3. The maximum atomic E-state index is 12.1. The molecule has 0 N–H and O–H groups in total. The summed E-state index contributed by atoms with van der Waals surface area (Å²) in [6.45, 7) is 2.38. The highest BCUT2D eigenvalue weighted by molar-refractivity contribution is 6.29. The van der Waals surface area contributed by atoms with Crippen molar-refractivity contribution in [1.82, 2.24) is 14.2 Å². The Morgan fingerprint density at radius 2 is 2.06 bits per heavy atom. The number of benzene rings is 1. The zero-order chi connectivity index (χ0) is 12.0. The lowest BCUT2D eigenvalue weighted by Crippen LogP contribution is -2.24. The van der Waals surface area contributed by atoms with E-state index in [0.717, 1.165) is 10.9 Å². The van der Waals surface area contributed by atoms with Crippen molar-refractivity contribution in [3.8, 4) is 0 Å².